The van der Waals surface area contributed by atoms with E-state index in [2.05, 4.69) is 25.5 Å². The van der Waals surface area contributed by atoms with Crippen molar-refractivity contribution in [3.8, 4) is 0 Å². The summed E-state index contributed by atoms with van der Waals surface area (Å²) in [4.78, 5) is 23.2. The molecule has 2 N–H and O–H groups in total. The van der Waals surface area contributed by atoms with E-state index < -0.39 is 0 Å². The van der Waals surface area contributed by atoms with E-state index in [1.54, 1.807) is 0 Å². The van der Waals surface area contributed by atoms with E-state index in [1.165, 1.54) is 0 Å². The van der Waals surface area contributed by atoms with Crippen LogP contribution in [-0.2, 0) is 4.79 Å². The molecule has 2 saturated heterocycles. The van der Waals surface area contributed by atoms with Crippen molar-refractivity contribution in [2.24, 2.45) is 5.92 Å². The Balaban J connectivity index is 2.00. The van der Waals surface area contributed by atoms with Crippen molar-refractivity contribution in [2.45, 2.75) is 32.7 Å². The summed E-state index contributed by atoms with van der Waals surface area (Å²) >= 11 is 0. The Bertz CT molecular complexity index is 545. The number of fused-ring (bicyclic) bond motifs is 1. The largest absolute Gasteiger partial charge is 0.373 e. The van der Waals surface area contributed by atoms with Gasteiger partial charge in [0.15, 0.2) is 0 Å². The number of hydrogen-bond acceptors (Lipinski definition) is 5. The van der Waals surface area contributed by atoms with Gasteiger partial charge in [0.1, 0.15) is 17.5 Å². The number of anilines is 2. The number of carbonyl (C=O) groups is 1. The summed E-state index contributed by atoms with van der Waals surface area (Å²) in [5.41, 5.74) is 1.05. The van der Waals surface area contributed by atoms with Crippen molar-refractivity contribution in [3.63, 3.8) is 0 Å². The number of amides is 1. The minimum absolute atomic E-state index is 0.108. The molecule has 2 aliphatic rings. The predicted octanol–water partition coefficient (Wildman–Crippen LogP) is 0.850. The molecule has 1 amide bonds. The van der Waals surface area contributed by atoms with Gasteiger partial charge in [0, 0.05) is 25.7 Å². The lowest BCUT2D eigenvalue weighted by Crippen LogP contribution is -2.46. The molecular weight excluding hydrogens is 254 g/mol. The van der Waals surface area contributed by atoms with Gasteiger partial charge >= 0.3 is 0 Å². The van der Waals surface area contributed by atoms with E-state index in [9.17, 15) is 4.79 Å². The van der Waals surface area contributed by atoms with Gasteiger partial charge in [-0.2, -0.15) is 0 Å². The number of carbonyl (C=O) groups excluding carboxylic acids is 1. The standard InChI is InChI=1S/C14H21N5O/c1-8-12(15-3)17-9(2)18-13(8)19-6-4-5-10-11(19)7-16-14(10)20/h10-11H,4-7H2,1-3H3,(H,16,20)(H,15,17,18). The van der Waals surface area contributed by atoms with Crippen molar-refractivity contribution in [2.75, 3.05) is 30.4 Å². The van der Waals surface area contributed by atoms with Crippen LogP contribution in [0.1, 0.15) is 24.2 Å². The zero-order valence-electron chi connectivity index (χ0n) is 12.2. The van der Waals surface area contributed by atoms with Gasteiger partial charge in [0.25, 0.3) is 0 Å². The van der Waals surface area contributed by atoms with Gasteiger partial charge in [-0.3, -0.25) is 4.79 Å². The van der Waals surface area contributed by atoms with Crippen molar-refractivity contribution in [3.05, 3.63) is 11.4 Å². The van der Waals surface area contributed by atoms with Gasteiger partial charge in [-0.1, -0.05) is 0 Å². The van der Waals surface area contributed by atoms with Crippen molar-refractivity contribution < 1.29 is 4.79 Å². The first-order chi connectivity index (χ1) is 9.61. The number of nitrogens with zero attached hydrogens (tertiary/aromatic N) is 3. The lowest BCUT2D eigenvalue weighted by molar-refractivity contribution is -0.122. The first-order valence-corrected chi connectivity index (χ1v) is 7.19. The number of nitrogens with one attached hydrogen (secondary N) is 2. The summed E-state index contributed by atoms with van der Waals surface area (Å²) in [7, 11) is 1.87. The summed E-state index contributed by atoms with van der Waals surface area (Å²) in [6, 6.07) is 0.231. The van der Waals surface area contributed by atoms with Gasteiger partial charge in [-0.15, -0.1) is 0 Å². The lowest BCUT2D eigenvalue weighted by Gasteiger charge is -2.37. The molecule has 0 bridgehead atoms. The molecule has 0 spiro atoms. The zero-order chi connectivity index (χ0) is 14.3. The summed E-state index contributed by atoms with van der Waals surface area (Å²) in [5, 5.41) is 6.11. The summed E-state index contributed by atoms with van der Waals surface area (Å²) in [5.74, 6) is 2.89. The van der Waals surface area contributed by atoms with Crippen LogP contribution in [0.2, 0.25) is 0 Å². The molecule has 3 rings (SSSR count). The monoisotopic (exact) mass is 275 g/mol. The summed E-state index contributed by atoms with van der Waals surface area (Å²) in [6.07, 6.45) is 2.01. The lowest BCUT2D eigenvalue weighted by atomic mass is 9.91. The fraction of sp³-hybridized carbons (Fsp3) is 0.643. The van der Waals surface area contributed by atoms with E-state index in [0.717, 1.165) is 49.0 Å². The smallest absolute Gasteiger partial charge is 0.225 e. The molecule has 0 aliphatic carbocycles. The first kappa shape index (κ1) is 13.1. The number of aryl methyl sites for hydroxylation is 1. The topological polar surface area (TPSA) is 70.2 Å². The highest BCUT2D eigenvalue weighted by Crippen LogP contribution is 2.33. The highest BCUT2D eigenvalue weighted by molar-refractivity contribution is 5.83. The van der Waals surface area contributed by atoms with Crippen LogP contribution in [0, 0.1) is 19.8 Å². The molecule has 1 aromatic rings. The maximum absolute atomic E-state index is 11.9. The van der Waals surface area contributed by atoms with Gasteiger partial charge in [-0.05, 0) is 26.7 Å². The molecular formula is C14H21N5O. The van der Waals surface area contributed by atoms with Crippen molar-refractivity contribution >= 4 is 17.5 Å². The number of rotatable bonds is 2. The van der Waals surface area contributed by atoms with Gasteiger partial charge in [0.2, 0.25) is 5.91 Å². The second-order valence-electron chi connectivity index (χ2n) is 5.57. The van der Waals surface area contributed by atoms with E-state index >= 15 is 0 Å². The van der Waals surface area contributed by atoms with Crippen LogP contribution in [0.15, 0.2) is 0 Å². The Morgan fingerprint density at radius 3 is 2.90 bits per heavy atom. The molecule has 0 saturated carbocycles. The number of hydrogen-bond donors (Lipinski definition) is 2. The van der Waals surface area contributed by atoms with E-state index in [0.29, 0.717) is 0 Å². The molecule has 1 aromatic heterocycles. The maximum Gasteiger partial charge on any atom is 0.225 e. The normalized spacial score (nSPS) is 25.4. The van der Waals surface area contributed by atoms with E-state index in [4.69, 9.17) is 0 Å². The Morgan fingerprint density at radius 1 is 1.35 bits per heavy atom. The van der Waals surface area contributed by atoms with Crippen molar-refractivity contribution in [1.82, 2.24) is 15.3 Å². The van der Waals surface area contributed by atoms with Crippen molar-refractivity contribution in [1.29, 1.82) is 0 Å². The highest BCUT2D eigenvalue weighted by Gasteiger charge is 2.41. The molecule has 3 heterocycles. The molecule has 0 aromatic carbocycles. The Morgan fingerprint density at radius 2 is 2.15 bits per heavy atom. The average Bonchev–Trinajstić information content (AvgIpc) is 2.83. The third-order valence-electron chi connectivity index (χ3n) is 4.34. The molecule has 20 heavy (non-hydrogen) atoms. The summed E-state index contributed by atoms with van der Waals surface area (Å²) in [6.45, 7) is 5.62. The van der Waals surface area contributed by atoms with Gasteiger partial charge < -0.3 is 15.5 Å². The number of aromatic nitrogens is 2. The molecule has 0 radical (unpaired) electrons. The molecule has 6 nitrogen and oxygen atoms in total. The zero-order valence-corrected chi connectivity index (χ0v) is 12.2. The number of piperidine rings is 1. The van der Waals surface area contributed by atoms with Gasteiger partial charge in [0.05, 0.1) is 12.0 Å². The van der Waals surface area contributed by atoms with Gasteiger partial charge in [-0.25, -0.2) is 9.97 Å². The SMILES string of the molecule is CNc1nc(C)nc(N2CCCC3C(=O)NCC32)c1C. The van der Waals surface area contributed by atoms with Crippen LogP contribution >= 0.6 is 0 Å². The highest BCUT2D eigenvalue weighted by atomic mass is 16.2. The second-order valence-corrected chi connectivity index (χ2v) is 5.57. The first-order valence-electron chi connectivity index (χ1n) is 7.19. The minimum Gasteiger partial charge on any atom is -0.373 e. The minimum atomic E-state index is 0.108. The van der Waals surface area contributed by atoms with E-state index in [1.807, 2.05) is 20.9 Å². The Labute approximate surface area is 119 Å². The quantitative estimate of drug-likeness (QED) is 0.837. The van der Waals surface area contributed by atoms with Crippen LogP contribution in [0.5, 0.6) is 0 Å². The third kappa shape index (κ3) is 1.99. The third-order valence-corrected chi connectivity index (χ3v) is 4.34. The Kier molecular flexibility index (Phi) is 3.23. The van der Waals surface area contributed by atoms with Crippen LogP contribution in [0.3, 0.4) is 0 Å². The van der Waals surface area contributed by atoms with Crippen LogP contribution in [-0.4, -0.2) is 42.1 Å². The predicted molar refractivity (Wildman–Crippen MR) is 77.9 cm³/mol. The fourth-order valence-corrected chi connectivity index (χ4v) is 3.35. The Hall–Kier alpha value is -1.85. The molecule has 2 fully saturated rings. The molecule has 2 aliphatic heterocycles. The molecule has 108 valence electrons. The van der Waals surface area contributed by atoms with Crippen LogP contribution in [0.25, 0.3) is 0 Å². The fourth-order valence-electron chi connectivity index (χ4n) is 3.35. The molecule has 2 unspecified atom stereocenters. The average molecular weight is 275 g/mol. The maximum atomic E-state index is 11.9. The van der Waals surface area contributed by atoms with E-state index in [-0.39, 0.29) is 17.9 Å². The molecule has 2 atom stereocenters. The van der Waals surface area contributed by atoms with Crippen LogP contribution < -0.4 is 15.5 Å². The second kappa shape index (κ2) is 4.92. The van der Waals surface area contributed by atoms with Crippen LogP contribution in [0.4, 0.5) is 11.6 Å². The molecule has 6 heteroatoms. The summed E-state index contributed by atoms with van der Waals surface area (Å²) < 4.78 is 0.